The molecule has 1 aromatic heterocycles. The molecule has 12 heavy (non-hydrogen) atoms. The first kappa shape index (κ1) is 6.97. The minimum atomic E-state index is 0.397. The number of hydrogen-bond donors (Lipinski definition) is 2. The van der Waals surface area contributed by atoms with Gasteiger partial charge in [-0.15, -0.1) is 0 Å². The molecule has 1 aliphatic rings. The van der Waals surface area contributed by atoms with Crippen molar-refractivity contribution < 1.29 is 0 Å². The molecule has 3 N–H and O–H groups in total. The third-order valence-electron chi connectivity index (χ3n) is 1.87. The predicted octanol–water partition coefficient (Wildman–Crippen LogP) is 0.545. The van der Waals surface area contributed by atoms with Crippen molar-refractivity contribution >= 4 is 17.5 Å². The van der Waals surface area contributed by atoms with Crippen LogP contribution in [0, 0.1) is 0 Å². The predicted molar refractivity (Wildman–Crippen MR) is 48.9 cm³/mol. The van der Waals surface area contributed by atoms with E-state index < -0.39 is 0 Å². The molecule has 2 rings (SSSR count). The Hall–Kier alpha value is -1.71. The molecule has 0 amide bonds. The molecule has 0 bridgehead atoms. The van der Waals surface area contributed by atoms with Crippen molar-refractivity contribution in [3.05, 3.63) is 24.4 Å². The molecule has 0 saturated heterocycles. The lowest BCUT2D eigenvalue weighted by molar-refractivity contribution is 0.917. The average molecular weight is 162 g/mol. The van der Waals surface area contributed by atoms with Gasteiger partial charge >= 0.3 is 0 Å². The van der Waals surface area contributed by atoms with E-state index in [0.717, 1.165) is 17.1 Å². The van der Waals surface area contributed by atoms with Crippen LogP contribution in [0.3, 0.4) is 0 Å². The highest BCUT2D eigenvalue weighted by Gasteiger charge is 2.14. The second-order valence-corrected chi connectivity index (χ2v) is 2.76. The Labute approximate surface area is 70.4 Å². The zero-order chi connectivity index (χ0) is 8.72. The molecule has 0 unspecified atom stereocenters. The average Bonchev–Trinajstić information content (AvgIpc) is 2.33. The number of aryl methyl sites for hydroxylation is 1. The van der Waals surface area contributed by atoms with Gasteiger partial charge in [0.1, 0.15) is 5.82 Å². The number of nitrogens with one attached hydrogen (secondary N) is 1. The first-order chi connectivity index (χ1) is 5.68. The summed E-state index contributed by atoms with van der Waals surface area (Å²) in [4.78, 5) is 4.14. The van der Waals surface area contributed by atoms with Crippen LogP contribution in [0.4, 0.5) is 5.82 Å². The fraction of sp³-hybridized carbons (Fsp3) is 0.125. The zero-order valence-electron chi connectivity index (χ0n) is 6.83. The van der Waals surface area contributed by atoms with Crippen LogP contribution in [0.25, 0.3) is 5.70 Å². The van der Waals surface area contributed by atoms with E-state index >= 15 is 0 Å². The number of rotatable bonds is 0. The second-order valence-electron chi connectivity index (χ2n) is 2.76. The number of fused-ring (bicyclic) bond motifs is 1. The van der Waals surface area contributed by atoms with Crippen molar-refractivity contribution in [2.24, 2.45) is 17.8 Å². The number of hydrogen-bond acceptors (Lipinski definition) is 3. The molecule has 0 aromatic carbocycles. The second kappa shape index (κ2) is 2.14. The summed E-state index contributed by atoms with van der Waals surface area (Å²) >= 11 is 0. The lowest BCUT2D eigenvalue weighted by atomic mass is 10.2. The largest absolute Gasteiger partial charge is 0.369 e. The van der Waals surface area contributed by atoms with E-state index in [2.05, 4.69) is 16.9 Å². The van der Waals surface area contributed by atoms with E-state index in [1.807, 2.05) is 23.9 Å². The minimum absolute atomic E-state index is 0.397. The van der Waals surface area contributed by atoms with Crippen LogP contribution in [-0.2, 0) is 7.05 Å². The summed E-state index contributed by atoms with van der Waals surface area (Å²) in [6, 6.07) is 1.96. The normalized spacial score (nSPS) is 15.1. The summed E-state index contributed by atoms with van der Waals surface area (Å²) in [5.74, 6) is 1.26. The molecule has 0 atom stereocenters. The van der Waals surface area contributed by atoms with Gasteiger partial charge in [0.05, 0.1) is 0 Å². The van der Waals surface area contributed by atoms with E-state index in [-0.39, 0.29) is 0 Å². The maximum atomic E-state index is 5.53. The van der Waals surface area contributed by atoms with E-state index in [0.29, 0.717) is 5.96 Å². The lowest BCUT2D eigenvalue weighted by Crippen LogP contribution is -2.31. The Morgan fingerprint density at radius 1 is 1.67 bits per heavy atom. The van der Waals surface area contributed by atoms with E-state index in [1.165, 1.54) is 0 Å². The molecule has 1 aliphatic heterocycles. The Morgan fingerprint density at radius 2 is 2.42 bits per heavy atom. The molecule has 62 valence electrons. The van der Waals surface area contributed by atoms with Crippen molar-refractivity contribution in [3.63, 3.8) is 0 Å². The summed E-state index contributed by atoms with van der Waals surface area (Å²) in [6.45, 7) is 3.83. The molecular weight excluding hydrogens is 152 g/mol. The monoisotopic (exact) mass is 162 g/mol. The van der Waals surface area contributed by atoms with Crippen LogP contribution in [0.5, 0.6) is 0 Å². The van der Waals surface area contributed by atoms with Crippen molar-refractivity contribution in [1.82, 2.24) is 9.88 Å². The first-order valence-corrected chi connectivity index (χ1v) is 3.64. The molecule has 4 heteroatoms. The number of nitrogens with two attached hydrogens (primary N) is 1. The van der Waals surface area contributed by atoms with Crippen LogP contribution in [0.1, 0.15) is 5.56 Å². The van der Waals surface area contributed by atoms with Crippen molar-refractivity contribution in [1.29, 1.82) is 0 Å². The Bertz CT molecular complexity index is 372. The maximum absolute atomic E-state index is 5.53. The molecular formula is C8H10N4. The molecule has 0 aliphatic carbocycles. The summed E-state index contributed by atoms with van der Waals surface area (Å²) < 4.78 is 1.91. The molecule has 2 heterocycles. The molecule has 0 radical (unpaired) electrons. The van der Waals surface area contributed by atoms with E-state index in [4.69, 9.17) is 5.73 Å². The number of aromatic nitrogens is 1. The van der Waals surface area contributed by atoms with Crippen LogP contribution >= 0.6 is 0 Å². The third-order valence-corrected chi connectivity index (χ3v) is 1.87. The Balaban J connectivity index is 2.65. The van der Waals surface area contributed by atoms with Crippen molar-refractivity contribution in [3.8, 4) is 0 Å². The Kier molecular flexibility index (Phi) is 1.24. The third kappa shape index (κ3) is 0.812. The van der Waals surface area contributed by atoms with E-state index in [9.17, 15) is 0 Å². The van der Waals surface area contributed by atoms with Gasteiger partial charge in [0.15, 0.2) is 5.96 Å². The SMILES string of the molecule is C=C1NC(N)=Nc2c1ccn2C. The Morgan fingerprint density at radius 3 is 3.17 bits per heavy atom. The van der Waals surface area contributed by atoms with Gasteiger partial charge in [-0.05, 0) is 6.07 Å². The van der Waals surface area contributed by atoms with Gasteiger partial charge in [-0.2, -0.15) is 4.99 Å². The van der Waals surface area contributed by atoms with Gasteiger partial charge in [-0.25, -0.2) is 0 Å². The van der Waals surface area contributed by atoms with Gasteiger partial charge < -0.3 is 15.6 Å². The topological polar surface area (TPSA) is 55.3 Å². The maximum Gasteiger partial charge on any atom is 0.199 e. The summed E-state index contributed by atoms with van der Waals surface area (Å²) in [5.41, 5.74) is 7.34. The van der Waals surface area contributed by atoms with Gasteiger partial charge in [0, 0.05) is 24.5 Å². The fourth-order valence-corrected chi connectivity index (χ4v) is 1.26. The van der Waals surface area contributed by atoms with E-state index in [1.54, 1.807) is 0 Å². The van der Waals surface area contributed by atoms with Gasteiger partial charge in [-0.1, -0.05) is 6.58 Å². The van der Waals surface area contributed by atoms with Gasteiger partial charge in [0.25, 0.3) is 0 Å². The molecule has 4 nitrogen and oxygen atoms in total. The smallest absolute Gasteiger partial charge is 0.199 e. The first-order valence-electron chi connectivity index (χ1n) is 3.64. The highest BCUT2D eigenvalue weighted by atomic mass is 15.2. The quantitative estimate of drug-likeness (QED) is 0.585. The highest BCUT2D eigenvalue weighted by molar-refractivity contribution is 5.94. The number of aliphatic imine (C=N–C) groups is 1. The summed E-state index contributed by atoms with van der Waals surface area (Å²) in [5, 5.41) is 2.87. The van der Waals surface area contributed by atoms with Crippen LogP contribution in [0.15, 0.2) is 23.8 Å². The van der Waals surface area contributed by atoms with Gasteiger partial charge in [-0.3, -0.25) is 0 Å². The number of nitrogens with zero attached hydrogens (tertiary/aromatic N) is 2. The molecule has 0 saturated carbocycles. The van der Waals surface area contributed by atoms with Crippen molar-refractivity contribution in [2.45, 2.75) is 0 Å². The van der Waals surface area contributed by atoms with Crippen LogP contribution in [0.2, 0.25) is 0 Å². The van der Waals surface area contributed by atoms with Crippen LogP contribution in [-0.4, -0.2) is 10.5 Å². The molecule has 0 fully saturated rings. The minimum Gasteiger partial charge on any atom is -0.369 e. The molecule has 1 aromatic rings. The molecule has 0 spiro atoms. The number of guanidine groups is 1. The van der Waals surface area contributed by atoms with Crippen molar-refractivity contribution in [2.75, 3.05) is 0 Å². The standard InChI is InChI=1S/C8H10N4/c1-5-6-3-4-12(2)7(6)11-8(9)10-5/h3-4H,1H2,2H3,(H3,9,10,11). The van der Waals surface area contributed by atoms with Gasteiger partial charge in [0.2, 0.25) is 0 Å². The highest BCUT2D eigenvalue weighted by Crippen LogP contribution is 2.27. The summed E-state index contributed by atoms with van der Waals surface area (Å²) in [7, 11) is 1.92. The summed E-state index contributed by atoms with van der Waals surface area (Å²) in [6.07, 6.45) is 1.93. The zero-order valence-corrected chi connectivity index (χ0v) is 6.83. The fourth-order valence-electron chi connectivity index (χ4n) is 1.26. The van der Waals surface area contributed by atoms with Crippen LogP contribution < -0.4 is 11.1 Å². The lowest BCUT2D eigenvalue weighted by Gasteiger charge is -2.14.